The van der Waals surface area contributed by atoms with Crippen LogP contribution in [0.5, 0.6) is 11.5 Å². The van der Waals surface area contributed by atoms with E-state index in [1.54, 1.807) is 24.3 Å². The van der Waals surface area contributed by atoms with Gasteiger partial charge in [0.15, 0.2) is 0 Å². The minimum absolute atomic E-state index is 0.0873. The highest BCUT2D eigenvalue weighted by atomic mass is 16.4. The summed E-state index contributed by atoms with van der Waals surface area (Å²) >= 11 is 0. The number of rotatable bonds is 13. The number of carbonyl (C=O) groups is 3. The van der Waals surface area contributed by atoms with Gasteiger partial charge in [0.05, 0.1) is 6.04 Å². The summed E-state index contributed by atoms with van der Waals surface area (Å²) in [7, 11) is 0. The maximum Gasteiger partial charge on any atom is 0.320 e. The standard InChI is InChI=1S/C24H32N4O6/c25-19(24(33)34)3-1-2-12-27-23(32)21(14-16-6-10-18(30)11-7-16)28-22(31)20(26)13-15-4-8-17(29)9-5-15/h4-11,19-21,29-30H,1-3,12-14,25-26H2,(H,27,32)(H,28,31)(H,33,34)/t19-,20-,21-/m0/s1. The van der Waals surface area contributed by atoms with Crippen LogP contribution in [0.2, 0.25) is 0 Å². The number of carbonyl (C=O) groups excluding carboxylic acids is 2. The molecule has 184 valence electrons. The lowest BCUT2D eigenvalue weighted by Gasteiger charge is -2.21. The molecule has 2 aromatic carbocycles. The summed E-state index contributed by atoms with van der Waals surface area (Å²) in [6, 6.07) is 9.90. The molecule has 10 nitrogen and oxygen atoms in total. The Balaban J connectivity index is 1.96. The Morgan fingerprint density at radius 3 is 1.82 bits per heavy atom. The molecule has 0 fully saturated rings. The van der Waals surface area contributed by atoms with Crippen LogP contribution >= 0.6 is 0 Å². The average molecular weight is 473 g/mol. The fourth-order valence-electron chi connectivity index (χ4n) is 3.28. The number of phenolic OH excluding ortho intramolecular Hbond substituents is 2. The van der Waals surface area contributed by atoms with E-state index in [1.807, 2.05) is 0 Å². The third-order valence-electron chi connectivity index (χ3n) is 5.30. The van der Waals surface area contributed by atoms with E-state index < -0.39 is 35.9 Å². The molecule has 0 spiro atoms. The third-order valence-corrected chi connectivity index (χ3v) is 5.30. The van der Waals surface area contributed by atoms with Crippen LogP contribution in [0, 0.1) is 0 Å². The number of carboxylic acids is 1. The number of aromatic hydroxyl groups is 2. The van der Waals surface area contributed by atoms with Crippen molar-refractivity contribution in [1.29, 1.82) is 0 Å². The Morgan fingerprint density at radius 2 is 1.29 bits per heavy atom. The van der Waals surface area contributed by atoms with E-state index in [9.17, 15) is 24.6 Å². The molecule has 9 N–H and O–H groups in total. The van der Waals surface area contributed by atoms with Gasteiger partial charge in [-0.3, -0.25) is 14.4 Å². The smallest absolute Gasteiger partial charge is 0.320 e. The Hall–Kier alpha value is -3.63. The summed E-state index contributed by atoms with van der Waals surface area (Å²) in [5, 5.41) is 33.2. The lowest BCUT2D eigenvalue weighted by molar-refractivity contribution is -0.138. The van der Waals surface area contributed by atoms with Crippen molar-refractivity contribution in [3.05, 3.63) is 59.7 Å². The molecule has 0 saturated carbocycles. The molecule has 2 rings (SSSR count). The van der Waals surface area contributed by atoms with Crippen LogP contribution < -0.4 is 22.1 Å². The minimum atomic E-state index is -1.07. The first kappa shape index (κ1) is 26.6. The highest BCUT2D eigenvalue weighted by Gasteiger charge is 2.24. The predicted octanol–water partition coefficient (Wildman–Crippen LogP) is 0.394. The zero-order valence-electron chi connectivity index (χ0n) is 18.8. The second kappa shape index (κ2) is 13.2. The second-order valence-corrected chi connectivity index (χ2v) is 8.14. The lowest BCUT2D eigenvalue weighted by atomic mass is 10.0. The molecular formula is C24H32N4O6. The quantitative estimate of drug-likeness (QED) is 0.204. The molecule has 2 aromatic rings. The van der Waals surface area contributed by atoms with E-state index in [0.29, 0.717) is 25.8 Å². The van der Waals surface area contributed by atoms with Crippen molar-refractivity contribution in [2.45, 2.75) is 50.2 Å². The molecule has 0 bridgehead atoms. The average Bonchev–Trinajstić information content (AvgIpc) is 2.80. The van der Waals surface area contributed by atoms with E-state index in [4.69, 9.17) is 16.6 Å². The van der Waals surface area contributed by atoms with Crippen LogP contribution in [0.3, 0.4) is 0 Å². The second-order valence-electron chi connectivity index (χ2n) is 8.14. The van der Waals surface area contributed by atoms with Gasteiger partial charge >= 0.3 is 5.97 Å². The number of carboxylic acid groups (broad SMARTS) is 1. The van der Waals surface area contributed by atoms with E-state index in [0.717, 1.165) is 11.1 Å². The molecule has 3 atom stereocenters. The van der Waals surface area contributed by atoms with Crippen LogP contribution in [0.4, 0.5) is 0 Å². The van der Waals surface area contributed by atoms with Gasteiger partial charge in [0.25, 0.3) is 0 Å². The maximum absolute atomic E-state index is 12.8. The van der Waals surface area contributed by atoms with Crippen LogP contribution in [0.15, 0.2) is 48.5 Å². The van der Waals surface area contributed by atoms with Crippen molar-refractivity contribution >= 4 is 17.8 Å². The Kier molecular flexibility index (Phi) is 10.3. The number of aliphatic carboxylic acids is 1. The number of nitrogens with one attached hydrogen (secondary N) is 2. The summed E-state index contributed by atoms with van der Waals surface area (Å²) < 4.78 is 0. The monoisotopic (exact) mass is 472 g/mol. The fraction of sp³-hybridized carbons (Fsp3) is 0.375. The molecule has 0 aliphatic heterocycles. The van der Waals surface area contributed by atoms with Gasteiger partial charge in [-0.2, -0.15) is 0 Å². The maximum atomic E-state index is 12.8. The first-order valence-corrected chi connectivity index (χ1v) is 11.0. The molecule has 10 heteroatoms. The third kappa shape index (κ3) is 9.08. The topological polar surface area (TPSA) is 188 Å². The Bertz CT molecular complexity index is 949. The Labute approximate surface area is 198 Å². The summed E-state index contributed by atoms with van der Waals surface area (Å²) in [5.41, 5.74) is 13.0. The molecule has 0 aliphatic carbocycles. The van der Waals surface area contributed by atoms with Crippen molar-refractivity contribution in [3.8, 4) is 11.5 Å². The number of nitrogens with two attached hydrogens (primary N) is 2. The number of hydrogen-bond donors (Lipinski definition) is 7. The molecule has 0 radical (unpaired) electrons. The highest BCUT2D eigenvalue weighted by Crippen LogP contribution is 2.13. The number of hydrogen-bond acceptors (Lipinski definition) is 7. The van der Waals surface area contributed by atoms with Gasteiger partial charge < -0.3 is 37.4 Å². The van der Waals surface area contributed by atoms with Gasteiger partial charge in [-0.1, -0.05) is 24.3 Å². The number of phenols is 2. The largest absolute Gasteiger partial charge is 0.508 e. The van der Waals surface area contributed by atoms with E-state index in [1.165, 1.54) is 24.3 Å². The van der Waals surface area contributed by atoms with Gasteiger partial charge in [-0.15, -0.1) is 0 Å². The van der Waals surface area contributed by atoms with E-state index >= 15 is 0 Å². The van der Waals surface area contributed by atoms with Crippen molar-refractivity contribution in [3.63, 3.8) is 0 Å². The van der Waals surface area contributed by atoms with Crippen molar-refractivity contribution in [1.82, 2.24) is 10.6 Å². The molecule has 0 aliphatic rings. The van der Waals surface area contributed by atoms with E-state index in [-0.39, 0.29) is 24.3 Å². The highest BCUT2D eigenvalue weighted by molar-refractivity contribution is 5.90. The zero-order valence-corrected chi connectivity index (χ0v) is 18.8. The Morgan fingerprint density at radius 1 is 0.765 bits per heavy atom. The van der Waals surface area contributed by atoms with Crippen molar-refractivity contribution in [2.24, 2.45) is 11.5 Å². The van der Waals surface area contributed by atoms with Crippen LogP contribution in [-0.4, -0.2) is 57.8 Å². The molecule has 34 heavy (non-hydrogen) atoms. The van der Waals surface area contributed by atoms with Gasteiger partial charge in [0.1, 0.15) is 23.6 Å². The lowest BCUT2D eigenvalue weighted by Crippen LogP contribution is -2.53. The van der Waals surface area contributed by atoms with Gasteiger partial charge in [0, 0.05) is 13.0 Å². The van der Waals surface area contributed by atoms with Crippen molar-refractivity contribution in [2.75, 3.05) is 6.54 Å². The van der Waals surface area contributed by atoms with Crippen LogP contribution in [0.1, 0.15) is 30.4 Å². The first-order chi connectivity index (χ1) is 16.2. The predicted molar refractivity (Wildman–Crippen MR) is 126 cm³/mol. The van der Waals surface area contributed by atoms with Gasteiger partial charge in [-0.05, 0) is 61.1 Å². The number of benzene rings is 2. The SMILES string of the molecule is N[C@@H](CCCCNC(=O)[C@H](Cc1ccc(O)cc1)NC(=O)[C@@H](N)Cc1ccc(O)cc1)C(=O)O. The van der Waals surface area contributed by atoms with Crippen LogP contribution in [0.25, 0.3) is 0 Å². The summed E-state index contributed by atoms with van der Waals surface area (Å²) in [4.78, 5) is 36.3. The van der Waals surface area contributed by atoms with Crippen LogP contribution in [-0.2, 0) is 27.2 Å². The zero-order chi connectivity index (χ0) is 25.1. The number of unbranched alkanes of at least 4 members (excludes halogenated alkanes) is 1. The van der Waals surface area contributed by atoms with E-state index in [2.05, 4.69) is 10.6 Å². The summed E-state index contributed by atoms with van der Waals surface area (Å²) in [5.74, 6) is -1.77. The summed E-state index contributed by atoms with van der Waals surface area (Å²) in [6.45, 7) is 0.298. The van der Waals surface area contributed by atoms with Crippen molar-refractivity contribution < 1.29 is 29.7 Å². The molecule has 0 aromatic heterocycles. The molecule has 0 saturated heterocycles. The van der Waals surface area contributed by atoms with Gasteiger partial charge in [0.2, 0.25) is 11.8 Å². The fourth-order valence-corrected chi connectivity index (χ4v) is 3.28. The number of amides is 2. The molecular weight excluding hydrogens is 440 g/mol. The molecule has 0 heterocycles. The minimum Gasteiger partial charge on any atom is -0.508 e. The molecule has 2 amide bonds. The summed E-state index contributed by atoms with van der Waals surface area (Å²) in [6.07, 6.45) is 1.77. The molecule has 0 unspecified atom stereocenters. The first-order valence-electron chi connectivity index (χ1n) is 11.0. The van der Waals surface area contributed by atoms with Gasteiger partial charge in [-0.25, -0.2) is 0 Å². The normalized spacial score (nSPS) is 13.5.